The average Bonchev–Trinajstić information content (AvgIpc) is 3.17. The summed E-state index contributed by atoms with van der Waals surface area (Å²) in [6, 6.07) is 17.1. The van der Waals surface area contributed by atoms with Crippen LogP contribution in [-0.2, 0) is 9.53 Å². The fraction of sp³-hybridized carbons (Fsp3) is 0.360. The van der Waals surface area contributed by atoms with Gasteiger partial charge in [0.15, 0.2) is 5.82 Å². The van der Waals surface area contributed by atoms with Gasteiger partial charge in [-0.15, -0.1) is 10.2 Å². The zero-order valence-electron chi connectivity index (χ0n) is 19.8. The van der Waals surface area contributed by atoms with Crippen LogP contribution in [0.4, 0.5) is 10.5 Å². The van der Waals surface area contributed by atoms with E-state index in [9.17, 15) is 9.59 Å². The fourth-order valence-electron chi connectivity index (χ4n) is 3.00. The summed E-state index contributed by atoms with van der Waals surface area (Å²) in [7, 11) is 0. The first kappa shape index (κ1) is 24.5. The molecule has 0 saturated heterocycles. The van der Waals surface area contributed by atoms with Crippen molar-refractivity contribution in [1.29, 1.82) is 0 Å². The van der Waals surface area contributed by atoms with Crippen LogP contribution in [0.25, 0.3) is 11.4 Å². The van der Waals surface area contributed by atoms with Gasteiger partial charge in [-0.05, 0) is 51.3 Å². The molecular formula is C25H30N4O3S. The van der Waals surface area contributed by atoms with Crippen LogP contribution in [-0.4, -0.2) is 37.6 Å². The smallest absolute Gasteiger partial charge is 0.422 e. The minimum Gasteiger partial charge on any atom is -0.443 e. The van der Waals surface area contributed by atoms with Gasteiger partial charge in [0, 0.05) is 11.3 Å². The lowest BCUT2D eigenvalue weighted by Crippen LogP contribution is -2.29. The molecule has 1 aromatic heterocycles. The fourth-order valence-corrected chi connectivity index (χ4v) is 3.84. The van der Waals surface area contributed by atoms with Gasteiger partial charge < -0.3 is 10.1 Å². The van der Waals surface area contributed by atoms with E-state index in [1.807, 2.05) is 54.6 Å². The predicted molar refractivity (Wildman–Crippen MR) is 132 cm³/mol. The van der Waals surface area contributed by atoms with Gasteiger partial charge >= 0.3 is 6.09 Å². The lowest BCUT2D eigenvalue weighted by Gasteiger charge is -2.21. The maximum atomic E-state index is 13.0. The van der Waals surface area contributed by atoms with Crippen LogP contribution in [0, 0.1) is 0 Å². The maximum absolute atomic E-state index is 13.0. The third kappa shape index (κ3) is 6.44. The molecular weight excluding hydrogens is 436 g/mol. The molecule has 0 spiro atoms. The largest absolute Gasteiger partial charge is 0.443 e. The number of nitrogens with one attached hydrogen (secondary N) is 1. The highest BCUT2D eigenvalue weighted by Gasteiger charge is 2.27. The highest BCUT2D eigenvalue weighted by atomic mass is 32.2. The first-order valence-corrected chi connectivity index (χ1v) is 11.7. The summed E-state index contributed by atoms with van der Waals surface area (Å²) in [6.45, 7) is 11.4. The van der Waals surface area contributed by atoms with E-state index in [4.69, 9.17) is 4.74 Å². The number of hydrogen-bond acceptors (Lipinski definition) is 6. The van der Waals surface area contributed by atoms with Crippen LogP contribution in [0.3, 0.4) is 0 Å². The number of carbonyl (C=O) groups excluding carboxylic acids is 2. The zero-order chi connectivity index (χ0) is 24.2. The van der Waals surface area contributed by atoms with Crippen LogP contribution in [0.2, 0.25) is 0 Å². The number of aromatic nitrogens is 3. The van der Waals surface area contributed by atoms with Crippen molar-refractivity contribution in [2.75, 3.05) is 5.32 Å². The Labute approximate surface area is 198 Å². The van der Waals surface area contributed by atoms with Crippen molar-refractivity contribution in [2.45, 2.75) is 63.5 Å². The van der Waals surface area contributed by atoms with Gasteiger partial charge in [0.1, 0.15) is 5.60 Å². The summed E-state index contributed by atoms with van der Waals surface area (Å²) in [5.74, 6) is 0.587. The van der Waals surface area contributed by atoms with Crippen LogP contribution in [0.1, 0.15) is 53.0 Å². The molecule has 7 nitrogen and oxygen atoms in total. The number of thioether (sulfide) groups is 1. The van der Waals surface area contributed by atoms with Crippen LogP contribution < -0.4 is 5.32 Å². The molecule has 33 heavy (non-hydrogen) atoms. The van der Waals surface area contributed by atoms with Gasteiger partial charge in [-0.2, -0.15) is 0 Å². The molecule has 0 bridgehead atoms. The topological polar surface area (TPSA) is 86.1 Å². The molecule has 174 valence electrons. The Morgan fingerprint density at radius 1 is 0.970 bits per heavy atom. The number of hydrogen-bond donors (Lipinski definition) is 1. The molecule has 0 fully saturated rings. The normalized spacial score (nSPS) is 12.5. The zero-order valence-corrected chi connectivity index (χ0v) is 20.6. The highest BCUT2D eigenvalue weighted by molar-refractivity contribution is 8.00. The molecule has 3 rings (SSSR count). The summed E-state index contributed by atoms with van der Waals surface area (Å²) in [5.41, 5.74) is 1.96. The van der Waals surface area contributed by atoms with E-state index in [-0.39, 0.29) is 5.91 Å². The summed E-state index contributed by atoms with van der Waals surface area (Å²) >= 11 is 1.15. The van der Waals surface area contributed by atoms with Crippen molar-refractivity contribution in [2.24, 2.45) is 0 Å². The lowest BCUT2D eigenvalue weighted by atomic mass is 10.0. The molecule has 1 amide bonds. The first-order chi connectivity index (χ1) is 15.5. The molecule has 0 aliphatic heterocycles. The Bertz CT molecular complexity index is 1100. The molecule has 3 aromatic rings. The van der Waals surface area contributed by atoms with Gasteiger partial charge in [-0.25, -0.2) is 9.36 Å². The van der Waals surface area contributed by atoms with E-state index in [1.165, 1.54) is 10.1 Å². The van der Waals surface area contributed by atoms with E-state index in [1.54, 1.807) is 27.7 Å². The van der Waals surface area contributed by atoms with Crippen LogP contribution >= 0.6 is 11.8 Å². The van der Waals surface area contributed by atoms with Gasteiger partial charge in [0.05, 0.1) is 5.25 Å². The van der Waals surface area contributed by atoms with Crippen molar-refractivity contribution in [3.8, 4) is 11.4 Å². The Hall–Kier alpha value is -3.13. The van der Waals surface area contributed by atoms with Gasteiger partial charge in [-0.3, -0.25) is 4.79 Å². The highest BCUT2D eigenvalue weighted by Crippen LogP contribution is 2.28. The Morgan fingerprint density at radius 3 is 2.18 bits per heavy atom. The van der Waals surface area contributed by atoms with Crippen LogP contribution in [0.5, 0.6) is 0 Å². The summed E-state index contributed by atoms with van der Waals surface area (Å²) in [6.07, 6.45) is -0.592. The van der Waals surface area contributed by atoms with E-state index in [0.717, 1.165) is 23.0 Å². The number of carbonyl (C=O) groups is 2. The van der Waals surface area contributed by atoms with E-state index in [0.29, 0.717) is 16.9 Å². The first-order valence-electron chi connectivity index (χ1n) is 10.9. The summed E-state index contributed by atoms with van der Waals surface area (Å²) in [5, 5.41) is 11.1. The number of anilines is 1. The predicted octanol–water partition coefficient (Wildman–Crippen LogP) is 5.97. The number of benzene rings is 2. The number of amides is 1. The lowest BCUT2D eigenvalue weighted by molar-refractivity contribution is -0.115. The summed E-state index contributed by atoms with van der Waals surface area (Å²) < 4.78 is 6.91. The minimum absolute atomic E-state index is 0.197. The molecule has 2 aromatic carbocycles. The molecule has 0 radical (unpaired) electrons. The monoisotopic (exact) mass is 466 g/mol. The van der Waals surface area contributed by atoms with E-state index in [2.05, 4.69) is 29.4 Å². The Balaban J connectivity index is 1.82. The van der Waals surface area contributed by atoms with E-state index < -0.39 is 16.9 Å². The second kappa shape index (κ2) is 10.2. The molecule has 0 aliphatic rings. The number of rotatable bonds is 6. The molecule has 1 unspecified atom stereocenters. The quantitative estimate of drug-likeness (QED) is 0.450. The Morgan fingerprint density at radius 2 is 1.61 bits per heavy atom. The number of ether oxygens (including phenoxy) is 1. The second-order valence-electron chi connectivity index (χ2n) is 9.01. The standard InChI is InChI=1S/C25H30N4O3S/c1-16(2)18-12-14-20(15-13-18)26-22(30)17(3)33-23-28-27-21(19-10-8-7-9-11-19)29(23)24(31)32-25(4,5)6/h7-17H,1-6H3,(H,26,30). The second-order valence-corrected chi connectivity index (χ2v) is 10.3. The van der Waals surface area contributed by atoms with E-state index >= 15 is 0 Å². The molecule has 1 N–H and O–H groups in total. The third-order valence-corrected chi connectivity index (χ3v) is 5.78. The van der Waals surface area contributed by atoms with Crippen molar-refractivity contribution < 1.29 is 14.3 Å². The summed E-state index contributed by atoms with van der Waals surface area (Å²) in [4.78, 5) is 25.8. The van der Waals surface area contributed by atoms with Crippen LogP contribution in [0.15, 0.2) is 59.8 Å². The average molecular weight is 467 g/mol. The number of nitrogens with zero attached hydrogens (tertiary/aromatic N) is 3. The van der Waals surface area contributed by atoms with Crippen molar-refractivity contribution in [3.63, 3.8) is 0 Å². The molecule has 8 heteroatoms. The van der Waals surface area contributed by atoms with Gasteiger partial charge in [-0.1, -0.05) is 68.1 Å². The van der Waals surface area contributed by atoms with Gasteiger partial charge in [0.25, 0.3) is 0 Å². The van der Waals surface area contributed by atoms with Crippen molar-refractivity contribution in [1.82, 2.24) is 14.8 Å². The minimum atomic E-state index is -0.692. The van der Waals surface area contributed by atoms with Gasteiger partial charge in [0.2, 0.25) is 11.1 Å². The maximum Gasteiger partial charge on any atom is 0.422 e. The van der Waals surface area contributed by atoms with Crippen molar-refractivity contribution >= 4 is 29.4 Å². The molecule has 1 atom stereocenters. The SMILES string of the molecule is CC(Sc1nnc(-c2ccccc2)n1C(=O)OC(C)(C)C)C(=O)Nc1ccc(C(C)C)cc1. The molecule has 1 heterocycles. The molecule has 0 saturated carbocycles. The third-order valence-electron chi connectivity index (χ3n) is 4.74. The van der Waals surface area contributed by atoms with Crippen molar-refractivity contribution in [3.05, 3.63) is 60.2 Å². The Kier molecular flexibility index (Phi) is 7.58. The molecule has 0 aliphatic carbocycles.